The van der Waals surface area contributed by atoms with Crippen molar-refractivity contribution in [3.05, 3.63) is 29.3 Å². The van der Waals surface area contributed by atoms with E-state index in [9.17, 15) is 23.1 Å². The summed E-state index contributed by atoms with van der Waals surface area (Å²) >= 11 is 0. The number of hydrogen-bond donors (Lipinski definition) is 2. The highest BCUT2D eigenvalue weighted by Crippen LogP contribution is 2.28. The summed E-state index contributed by atoms with van der Waals surface area (Å²) in [4.78, 5) is 24.3. The zero-order valence-electron chi connectivity index (χ0n) is 16.9. The standard InChI is InChI=1S/C19H28N2O6S/c1-12-6-7-15(8-13(12)2)28(25,26)21-10-14(22)9-16(21)18(24)27-11-17(23)20-19(3,4)5/h6-8,14,16,22H,9-11H2,1-5H3,(H,20,23)/t14-,16-/m0/s1. The van der Waals surface area contributed by atoms with Crippen LogP contribution in [0.5, 0.6) is 0 Å². The van der Waals surface area contributed by atoms with Crippen LogP contribution in [0, 0.1) is 13.8 Å². The fraction of sp³-hybridized carbons (Fsp3) is 0.579. The molecule has 0 radical (unpaired) electrons. The highest BCUT2D eigenvalue weighted by atomic mass is 32.2. The molecule has 156 valence electrons. The van der Waals surface area contributed by atoms with E-state index in [4.69, 9.17) is 4.74 Å². The Bertz CT molecular complexity index is 860. The summed E-state index contributed by atoms with van der Waals surface area (Å²) in [5.41, 5.74) is 1.27. The number of β-amino-alcohol motifs (C(OH)–C–C–N with tert-alkyl or cyclic N) is 1. The Kier molecular flexibility index (Phi) is 6.52. The number of aliphatic hydroxyl groups is 1. The molecule has 1 fully saturated rings. The van der Waals surface area contributed by atoms with Gasteiger partial charge in [-0.15, -0.1) is 0 Å². The number of carbonyl (C=O) groups excluding carboxylic acids is 2. The van der Waals surface area contributed by atoms with E-state index >= 15 is 0 Å². The Morgan fingerprint density at radius 1 is 1.25 bits per heavy atom. The molecule has 0 aromatic heterocycles. The minimum Gasteiger partial charge on any atom is -0.454 e. The van der Waals surface area contributed by atoms with Crippen LogP contribution in [-0.4, -0.2) is 60.5 Å². The van der Waals surface area contributed by atoms with E-state index in [1.807, 2.05) is 6.92 Å². The fourth-order valence-electron chi connectivity index (χ4n) is 2.96. The van der Waals surface area contributed by atoms with Crippen LogP contribution in [0.2, 0.25) is 0 Å². The number of nitrogens with zero attached hydrogens (tertiary/aromatic N) is 1. The third kappa shape index (κ3) is 5.30. The summed E-state index contributed by atoms with van der Waals surface area (Å²) in [6.07, 6.45) is -1.06. The second-order valence-electron chi connectivity index (χ2n) is 8.13. The molecule has 1 saturated heterocycles. The van der Waals surface area contributed by atoms with Gasteiger partial charge in [0.15, 0.2) is 6.61 Å². The molecule has 0 aliphatic carbocycles. The smallest absolute Gasteiger partial charge is 0.325 e. The minimum atomic E-state index is -4.00. The van der Waals surface area contributed by atoms with Gasteiger partial charge in [-0.2, -0.15) is 4.31 Å². The lowest BCUT2D eigenvalue weighted by molar-refractivity contribution is -0.152. The molecule has 8 nitrogen and oxygen atoms in total. The molecule has 1 aromatic carbocycles. The molecule has 0 bridgehead atoms. The second-order valence-corrected chi connectivity index (χ2v) is 10.0. The van der Waals surface area contributed by atoms with E-state index in [1.54, 1.807) is 33.8 Å². The summed E-state index contributed by atoms with van der Waals surface area (Å²) in [5.74, 6) is -1.34. The zero-order chi connectivity index (χ0) is 21.3. The maximum Gasteiger partial charge on any atom is 0.325 e. The maximum absolute atomic E-state index is 13.0. The first-order valence-electron chi connectivity index (χ1n) is 9.06. The van der Waals surface area contributed by atoms with Crippen molar-refractivity contribution in [2.75, 3.05) is 13.2 Å². The molecule has 0 spiro atoms. The molecule has 1 amide bonds. The number of esters is 1. The predicted octanol–water partition coefficient (Wildman–Crippen LogP) is 0.885. The largest absolute Gasteiger partial charge is 0.454 e. The van der Waals surface area contributed by atoms with Gasteiger partial charge in [-0.3, -0.25) is 9.59 Å². The minimum absolute atomic E-state index is 0.0491. The highest BCUT2D eigenvalue weighted by molar-refractivity contribution is 7.89. The van der Waals surface area contributed by atoms with Crippen molar-refractivity contribution in [2.45, 2.75) is 63.6 Å². The first-order valence-corrected chi connectivity index (χ1v) is 10.5. The van der Waals surface area contributed by atoms with Crippen LogP contribution in [0.15, 0.2) is 23.1 Å². The molecule has 2 rings (SSSR count). The third-order valence-corrected chi connectivity index (χ3v) is 6.32. The van der Waals surface area contributed by atoms with Gasteiger partial charge in [0.1, 0.15) is 6.04 Å². The second kappa shape index (κ2) is 8.18. The van der Waals surface area contributed by atoms with E-state index in [-0.39, 0.29) is 17.9 Å². The van der Waals surface area contributed by atoms with E-state index in [0.717, 1.165) is 15.4 Å². The van der Waals surface area contributed by atoms with Gasteiger partial charge in [-0.25, -0.2) is 8.42 Å². The van der Waals surface area contributed by atoms with Crippen molar-refractivity contribution in [1.29, 1.82) is 0 Å². The number of ether oxygens (including phenoxy) is 1. The molecule has 2 N–H and O–H groups in total. The molecule has 1 aromatic rings. The van der Waals surface area contributed by atoms with Gasteiger partial charge in [-0.05, 0) is 57.9 Å². The number of sulfonamides is 1. The fourth-order valence-corrected chi connectivity index (χ4v) is 4.67. The Balaban J connectivity index is 2.16. The van der Waals surface area contributed by atoms with Crippen LogP contribution in [-0.2, 0) is 24.3 Å². The van der Waals surface area contributed by atoms with Crippen LogP contribution in [0.25, 0.3) is 0 Å². The Hall–Kier alpha value is -1.97. The highest BCUT2D eigenvalue weighted by Gasteiger charge is 2.44. The quantitative estimate of drug-likeness (QED) is 0.695. The van der Waals surface area contributed by atoms with Gasteiger partial charge in [0.2, 0.25) is 10.0 Å². The van der Waals surface area contributed by atoms with Crippen LogP contribution in [0.1, 0.15) is 38.3 Å². The van der Waals surface area contributed by atoms with Crippen molar-refractivity contribution in [3.63, 3.8) is 0 Å². The summed E-state index contributed by atoms with van der Waals surface area (Å²) < 4.78 is 32.0. The van der Waals surface area contributed by atoms with Crippen molar-refractivity contribution >= 4 is 21.9 Å². The number of nitrogens with one attached hydrogen (secondary N) is 1. The van der Waals surface area contributed by atoms with Crippen molar-refractivity contribution in [3.8, 4) is 0 Å². The van der Waals surface area contributed by atoms with E-state index < -0.39 is 46.2 Å². The number of hydrogen-bond acceptors (Lipinski definition) is 6. The Morgan fingerprint density at radius 2 is 1.89 bits per heavy atom. The van der Waals surface area contributed by atoms with Crippen molar-refractivity contribution < 1.29 is 27.9 Å². The molecule has 1 aliphatic rings. The Labute approximate surface area is 165 Å². The molecule has 1 aliphatic heterocycles. The lowest BCUT2D eigenvalue weighted by Gasteiger charge is -2.23. The van der Waals surface area contributed by atoms with Gasteiger partial charge >= 0.3 is 5.97 Å². The molecule has 28 heavy (non-hydrogen) atoms. The maximum atomic E-state index is 13.0. The van der Waals surface area contributed by atoms with Crippen LogP contribution in [0.4, 0.5) is 0 Å². The van der Waals surface area contributed by atoms with E-state index in [2.05, 4.69) is 5.32 Å². The average molecular weight is 413 g/mol. The SMILES string of the molecule is Cc1ccc(S(=O)(=O)N2C[C@@H](O)C[C@H]2C(=O)OCC(=O)NC(C)(C)C)cc1C. The van der Waals surface area contributed by atoms with Crippen LogP contribution < -0.4 is 5.32 Å². The molecule has 0 saturated carbocycles. The van der Waals surface area contributed by atoms with E-state index in [0.29, 0.717) is 0 Å². The van der Waals surface area contributed by atoms with E-state index in [1.165, 1.54) is 12.1 Å². The van der Waals surface area contributed by atoms with Gasteiger partial charge < -0.3 is 15.2 Å². The zero-order valence-corrected chi connectivity index (χ0v) is 17.7. The normalized spacial score (nSPS) is 20.8. The van der Waals surface area contributed by atoms with Gasteiger partial charge in [0, 0.05) is 18.5 Å². The van der Waals surface area contributed by atoms with Crippen molar-refractivity contribution in [2.24, 2.45) is 0 Å². The third-order valence-electron chi connectivity index (χ3n) is 4.45. The molecule has 9 heteroatoms. The number of rotatable bonds is 5. The number of benzene rings is 1. The van der Waals surface area contributed by atoms with Gasteiger partial charge in [0.05, 0.1) is 11.0 Å². The lowest BCUT2D eigenvalue weighted by atomic mass is 10.1. The summed E-state index contributed by atoms with van der Waals surface area (Å²) in [6.45, 7) is 8.32. The van der Waals surface area contributed by atoms with Crippen LogP contribution >= 0.6 is 0 Å². The number of carbonyl (C=O) groups is 2. The predicted molar refractivity (Wildman–Crippen MR) is 103 cm³/mol. The van der Waals surface area contributed by atoms with Gasteiger partial charge in [-0.1, -0.05) is 6.07 Å². The summed E-state index contributed by atoms with van der Waals surface area (Å²) in [6, 6.07) is 3.53. The number of amides is 1. The molecular formula is C19H28N2O6S. The summed E-state index contributed by atoms with van der Waals surface area (Å²) in [7, 11) is -4.00. The average Bonchev–Trinajstić information content (AvgIpc) is 2.96. The van der Waals surface area contributed by atoms with Crippen LogP contribution in [0.3, 0.4) is 0 Å². The topological polar surface area (TPSA) is 113 Å². The Morgan fingerprint density at radius 3 is 2.46 bits per heavy atom. The summed E-state index contributed by atoms with van der Waals surface area (Å²) in [5, 5.41) is 12.6. The van der Waals surface area contributed by atoms with Crippen molar-refractivity contribution in [1.82, 2.24) is 9.62 Å². The monoisotopic (exact) mass is 412 g/mol. The molecule has 2 atom stereocenters. The first kappa shape index (κ1) is 22.3. The number of aryl methyl sites for hydroxylation is 2. The lowest BCUT2D eigenvalue weighted by Crippen LogP contribution is -2.45. The number of aliphatic hydroxyl groups excluding tert-OH is 1. The molecular weight excluding hydrogens is 384 g/mol. The first-order chi connectivity index (χ1) is 12.8. The molecule has 1 heterocycles. The van der Waals surface area contributed by atoms with Gasteiger partial charge in [0.25, 0.3) is 5.91 Å². The molecule has 0 unspecified atom stereocenters.